The Labute approximate surface area is 131 Å². The highest BCUT2D eigenvalue weighted by molar-refractivity contribution is 7.89. The van der Waals surface area contributed by atoms with Gasteiger partial charge in [0, 0.05) is 6.54 Å². The average molecular weight is 345 g/mol. The first-order chi connectivity index (χ1) is 10.3. The van der Waals surface area contributed by atoms with E-state index in [1.54, 1.807) is 12.1 Å². The minimum Gasteiger partial charge on any atom is -0.478 e. The van der Waals surface area contributed by atoms with Crippen LogP contribution in [0.3, 0.4) is 0 Å². The van der Waals surface area contributed by atoms with Crippen LogP contribution in [0.5, 0.6) is 0 Å². The molecule has 9 heteroatoms. The smallest absolute Gasteiger partial charge is 0.335 e. The van der Waals surface area contributed by atoms with E-state index in [0.717, 1.165) is 6.07 Å². The lowest BCUT2D eigenvalue weighted by Crippen LogP contribution is -2.17. The summed E-state index contributed by atoms with van der Waals surface area (Å²) >= 11 is 6.02. The maximum Gasteiger partial charge on any atom is 0.335 e. The monoisotopic (exact) mass is 344 g/mol. The molecule has 0 aliphatic carbocycles. The van der Waals surface area contributed by atoms with E-state index in [4.69, 9.17) is 26.3 Å². The molecule has 2 aromatic rings. The fourth-order valence-electron chi connectivity index (χ4n) is 1.85. The lowest BCUT2D eigenvalue weighted by Gasteiger charge is -2.11. The Hall–Kier alpha value is -1.87. The maximum atomic E-state index is 11.5. The van der Waals surface area contributed by atoms with Crippen molar-refractivity contribution < 1.29 is 22.7 Å². The second-order valence-corrected chi connectivity index (χ2v) is 6.39. The van der Waals surface area contributed by atoms with E-state index in [2.05, 4.69) is 5.32 Å². The van der Waals surface area contributed by atoms with Crippen LogP contribution in [0.25, 0.3) is 0 Å². The minimum absolute atomic E-state index is 0.0977. The molecule has 7 nitrogen and oxygen atoms in total. The quantitative estimate of drug-likeness (QED) is 0.731. The minimum atomic E-state index is -4.12. The van der Waals surface area contributed by atoms with E-state index < -0.39 is 20.9 Å². The second kappa shape index (κ2) is 6.49. The zero-order valence-electron chi connectivity index (χ0n) is 11.2. The van der Waals surface area contributed by atoms with Gasteiger partial charge in [-0.25, -0.2) is 18.4 Å². The van der Waals surface area contributed by atoms with Crippen molar-refractivity contribution in [1.82, 2.24) is 5.32 Å². The Bertz CT molecular complexity index is 787. The Morgan fingerprint density at radius 2 is 2.09 bits per heavy atom. The molecule has 1 aromatic heterocycles. The molecule has 22 heavy (non-hydrogen) atoms. The molecule has 0 unspecified atom stereocenters. The molecule has 0 amide bonds. The first-order valence-corrected chi connectivity index (χ1v) is 8.03. The van der Waals surface area contributed by atoms with Crippen LogP contribution in [-0.4, -0.2) is 19.5 Å². The van der Waals surface area contributed by atoms with Gasteiger partial charge in [-0.05, 0) is 29.8 Å². The number of carbonyl (C=O) groups is 1. The van der Waals surface area contributed by atoms with Gasteiger partial charge in [0.05, 0.1) is 23.4 Å². The maximum absolute atomic E-state index is 11.5. The third-order valence-corrected chi connectivity index (χ3v) is 4.36. The molecule has 118 valence electrons. The molecule has 2 rings (SSSR count). The van der Waals surface area contributed by atoms with E-state index in [0.29, 0.717) is 17.9 Å². The lowest BCUT2D eigenvalue weighted by atomic mass is 10.1. The SMILES string of the molecule is NS(=O)(=O)c1cc(C(=O)O)cc(CNCc2ccco2)c1Cl. The topological polar surface area (TPSA) is 123 Å². The van der Waals surface area contributed by atoms with E-state index >= 15 is 0 Å². The van der Waals surface area contributed by atoms with Crippen LogP contribution < -0.4 is 10.5 Å². The van der Waals surface area contributed by atoms with Crippen LogP contribution in [0.15, 0.2) is 39.8 Å². The standard InChI is InChI=1S/C13H13ClN2O5S/c14-12-9(6-16-7-10-2-1-3-21-10)4-8(13(17)18)5-11(12)22(15,19)20/h1-5,16H,6-7H2,(H,17,18)(H2,15,19,20). The Balaban J connectivity index is 2.29. The van der Waals surface area contributed by atoms with Gasteiger partial charge in [-0.1, -0.05) is 11.6 Å². The first-order valence-electron chi connectivity index (χ1n) is 6.10. The summed E-state index contributed by atoms with van der Waals surface area (Å²) in [6.45, 7) is 0.536. The van der Waals surface area contributed by atoms with Gasteiger partial charge in [0.25, 0.3) is 0 Å². The lowest BCUT2D eigenvalue weighted by molar-refractivity contribution is 0.0696. The molecular formula is C13H13ClN2O5S. The molecule has 1 heterocycles. The molecule has 0 aliphatic heterocycles. The summed E-state index contributed by atoms with van der Waals surface area (Å²) in [6, 6.07) is 5.73. The van der Waals surface area contributed by atoms with E-state index in [1.807, 2.05) is 0 Å². The van der Waals surface area contributed by atoms with Crippen molar-refractivity contribution in [3.8, 4) is 0 Å². The van der Waals surface area contributed by atoms with E-state index in [1.165, 1.54) is 12.3 Å². The van der Waals surface area contributed by atoms with Gasteiger partial charge < -0.3 is 14.8 Å². The number of nitrogens with two attached hydrogens (primary N) is 1. The highest BCUT2D eigenvalue weighted by Crippen LogP contribution is 2.26. The molecule has 0 aliphatic rings. The van der Waals surface area contributed by atoms with Crippen LogP contribution in [0.2, 0.25) is 5.02 Å². The van der Waals surface area contributed by atoms with Gasteiger partial charge in [0.15, 0.2) is 0 Å². The van der Waals surface area contributed by atoms with Gasteiger partial charge in [0.1, 0.15) is 10.7 Å². The summed E-state index contributed by atoms with van der Waals surface area (Å²) < 4.78 is 28.1. The van der Waals surface area contributed by atoms with Gasteiger partial charge in [-0.3, -0.25) is 0 Å². The number of primary sulfonamides is 1. The van der Waals surface area contributed by atoms with Crippen molar-refractivity contribution in [3.63, 3.8) is 0 Å². The Morgan fingerprint density at radius 1 is 1.36 bits per heavy atom. The number of furan rings is 1. The van der Waals surface area contributed by atoms with E-state index in [-0.39, 0.29) is 17.1 Å². The van der Waals surface area contributed by atoms with Gasteiger partial charge in [0.2, 0.25) is 10.0 Å². The fourth-order valence-corrected chi connectivity index (χ4v) is 3.02. The number of halogens is 1. The summed E-state index contributed by atoms with van der Waals surface area (Å²) in [4.78, 5) is 10.7. The predicted octanol–water partition coefficient (Wildman–Crippen LogP) is 1.57. The Morgan fingerprint density at radius 3 is 2.64 bits per heavy atom. The number of nitrogens with one attached hydrogen (secondary N) is 1. The highest BCUT2D eigenvalue weighted by Gasteiger charge is 2.20. The Kier molecular flexibility index (Phi) is 4.87. The zero-order chi connectivity index (χ0) is 16.3. The first kappa shape index (κ1) is 16.5. The summed E-state index contributed by atoms with van der Waals surface area (Å²) in [5.41, 5.74) is 0.111. The largest absolute Gasteiger partial charge is 0.478 e. The predicted molar refractivity (Wildman–Crippen MR) is 79.0 cm³/mol. The number of hydrogen-bond acceptors (Lipinski definition) is 5. The van der Waals surface area contributed by atoms with Crippen LogP contribution in [0, 0.1) is 0 Å². The number of benzene rings is 1. The number of aromatic carboxylic acids is 1. The molecule has 0 spiro atoms. The number of hydrogen-bond donors (Lipinski definition) is 3. The molecule has 0 atom stereocenters. The van der Waals surface area contributed by atoms with Crippen molar-refractivity contribution in [2.75, 3.05) is 0 Å². The van der Waals surface area contributed by atoms with E-state index in [9.17, 15) is 13.2 Å². The van der Waals surface area contributed by atoms with Crippen LogP contribution in [0.4, 0.5) is 0 Å². The van der Waals surface area contributed by atoms with Crippen molar-refractivity contribution in [2.45, 2.75) is 18.0 Å². The van der Waals surface area contributed by atoms with Crippen molar-refractivity contribution >= 4 is 27.6 Å². The average Bonchev–Trinajstić information content (AvgIpc) is 2.92. The normalized spacial score (nSPS) is 11.5. The third kappa shape index (κ3) is 3.86. The molecular weight excluding hydrogens is 332 g/mol. The molecule has 1 aromatic carbocycles. The molecule has 0 fully saturated rings. The molecule has 0 radical (unpaired) electrons. The number of carboxylic acid groups (broad SMARTS) is 1. The van der Waals surface area contributed by atoms with Crippen molar-refractivity contribution in [2.24, 2.45) is 5.14 Å². The van der Waals surface area contributed by atoms with Crippen LogP contribution in [-0.2, 0) is 23.1 Å². The number of carboxylic acids is 1. The van der Waals surface area contributed by atoms with Gasteiger partial charge >= 0.3 is 5.97 Å². The molecule has 0 saturated heterocycles. The van der Waals surface area contributed by atoms with Gasteiger partial charge in [-0.15, -0.1) is 0 Å². The number of sulfonamides is 1. The second-order valence-electron chi connectivity index (χ2n) is 4.48. The zero-order valence-corrected chi connectivity index (χ0v) is 12.8. The molecule has 4 N–H and O–H groups in total. The number of rotatable bonds is 6. The summed E-state index contributed by atoms with van der Waals surface area (Å²) in [5.74, 6) is -0.592. The summed E-state index contributed by atoms with van der Waals surface area (Å²) in [6.07, 6.45) is 1.52. The van der Waals surface area contributed by atoms with Gasteiger partial charge in [-0.2, -0.15) is 0 Å². The molecule has 0 bridgehead atoms. The van der Waals surface area contributed by atoms with Crippen LogP contribution in [0.1, 0.15) is 21.7 Å². The fraction of sp³-hybridized carbons (Fsp3) is 0.154. The summed E-state index contributed by atoms with van der Waals surface area (Å²) in [7, 11) is -4.12. The molecule has 0 saturated carbocycles. The van der Waals surface area contributed by atoms with Crippen molar-refractivity contribution in [3.05, 3.63) is 52.4 Å². The van der Waals surface area contributed by atoms with Crippen LogP contribution >= 0.6 is 11.6 Å². The van der Waals surface area contributed by atoms with Crippen molar-refractivity contribution in [1.29, 1.82) is 0 Å². The highest BCUT2D eigenvalue weighted by atomic mass is 35.5. The third-order valence-electron chi connectivity index (χ3n) is 2.86. The summed E-state index contributed by atoms with van der Waals surface area (Å²) in [5, 5.41) is 17.0.